The Hall–Kier alpha value is -2.62. The first kappa shape index (κ1) is 25.6. The fraction of sp³-hybridized carbons (Fsp3) is 0.375. The third-order valence-corrected chi connectivity index (χ3v) is 4.60. The van der Waals surface area contributed by atoms with Crippen molar-refractivity contribution in [3.05, 3.63) is 77.4 Å². The summed E-state index contributed by atoms with van der Waals surface area (Å²) in [5.74, 6) is 1.69. The number of aliphatic imine (C=N–C) groups is 1. The molecule has 0 aliphatic heterocycles. The molecule has 0 aliphatic rings. The van der Waals surface area contributed by atoms with Crippen LogP contribution in [0.3, 0.4) is 0 Å². The molecule has 32 heavy (non-hydrogen) atoms. The van der Waals surface area contributed by atoms with Crippen molar-refractivity contribution >= 4 is 29.9 Å². The zero-order chi connectivity index (χ0) is 22.1. The molecule has 0 saturated heterocycles. The fourth-order valence-corrected chi connectivity index (χ4v) is 3.19. The molecule has 0 saturated carbocycles. The predicted molar refractivity (Wildman–Crippen MR) is 140 cm³/mol. The SMILES string of the molecule is CCNC(=NCc1cccc(Cn2cncn2)c1)NCc1ccc(C)cc1OC(C)C.I. The highest BCUT2D eigenvalue weighted by atomic mass is 127. The molecule has 172 valence electrons. The second kappa shape index (κ2) is 13.0. The minimum absolute atomic E-state index is 0. The molecule has 0 bridgehead atoms. The summed E-state index contributed by atoms with van der Waals surface area (Å²) in [4.78, 5) is 8.76. The van der Waals surface area contributed by atoms with Crippen LogP contribution in [0, 0.1) is 6.92 Å². The number of aryl methyl sites for hydroxylation is 1. The highest BCUT2D eigenvalue weighted by Crippen LogP contribution is 2.21. The number of benzene rings is 2. The van der Waals surface area contributed by atoms with Gasteiger partial charge < -0.3 is 15.4 Å². The first-order chi connectivity index (χ1) is 15.0. The van der Waals surface area contributed by atoms with Crippen molar-refractivity contribution in [3.63, 3.8) is 0 Å². The minimum Gasteiger partial charge on any atom is -0.491 e. The molecule has 0 radical (unpaired) electrons. The molecule has 3 rings (SSSR count). The third kappa shape index (κ3) is 8.14. The summed E-state index contributed by atoms with van der Waals surface area (Å²) in [6.45, 7) is 10.9. The van der Waals surface area contributed by atoms with Crippen molar-refractivity contribution in [2.75, 3.05) is 6.54 Å². The predicted octanol–water partition coefficient (Wildman–Crippen LogP) is 4.30. The molecule has 0 spiro atoms. The molecule has 8 heteroatoms. The van der Waals surface area contributed by atoms with Crippen molar-refractivity contribution in [1.82, 2.24) is 25.4 Å². The maximum Gasteiger partial charge on any atom is 0.191 e. The van der Waals surface area contributed by atoms with Crippen molar-refractivity contribution in [1.29, 1.82) is 0 Å². The topological polar surface area (TPSA) is 76.4 Å². The molecular weight excluding hydrogens is 515 g/mol. The molecule has 7 nitrogen and oxygen atoms in total. The number of hydrogen-bond acceptors (Lipinski definition) is 4. The fourth-order valence-electron chi connectivity index (χ4n) is 3.19. The number of rotatable bonds is 9. The lowest BCUT2D eigenvalue weighted by Gasteiger charge is -2.17. The number of ether oxygens (including phenoxy) is 1. The molecule has 0 unspecified atom stereocenters. The van der Waals surface area contributed by atoms with Gasteiger partial charge in [-0.1, -0.05) is 36.4 Å². The standard InChI is InChI=1S/C24H32N6O.HI/c1-5-26-24(28-14-22-10-9-19(4)11-23(22)31-18(2)3)27-13-20-7-6-8-21(12-20)15-30-17-25-16-29-30;/h6-12,16-18H,5,13-15H2,1-4H3,(H2,26,27,28);1H. The number of hydrogen-bond donors (Lipinski definition) is 2. The summed E-state index contributed by atoms with van der Waals surface area (Å²) in [6, 6.07) is 14.7. The van der Waals surface area contributed by atoms with Crippen molar-refractivity contribution in [3.8, 4) is 5.75 Å². The van der Waals surface area contributed by atoms with Crippen LogP contribution >= 0.6 is 24.0 Å². The average molecular weight is 548 g/mol. The van der Waals surface area contributed by atoms with E-state index in [1.807, 2.05) is 18.5 Å². The number of nitrogens with one attached hydrogen (secondary N) is 2. The van der Waals surface area contributed by atoms with Gasteiger partial charge in [0.1, 0.15) is 18.4 Å². The molecule has 2 N–H and O–H groups in total. The van der Waals surface area contributed by atoms with E-state index in [0.717, 1.165) is 29.4 Å². The molecule has 0 fully saturated rings. The molecule has 1 heterocycles. The van der Waals surface area contributed by atoms with Crippen LogP contribution in [0.5, 0.6) is 5.75 Å². The Morgan fingerprint density at radius 2 is 1.94 bits per heavy atom. The lowest BCUT2D eigenvalue weighted by molar-refractivity contribution is 0.239. The Kier molecular flexibility index (Phi) is 10.5. The van der Waals surface area contributed by atoms with Gasteiger partial charge in [0.15, 0.2) is 5.96 Å². The highest BCUT2D eigenvalue weighted by molar-refractivity contribution is 14.0. The average Bonchev–Trinajstić information content (AvgIpc) is 3.24. The zero-order valence-electron chi connectivity index (χ0n) is 19.2. The van der Waals surface area contributed by atoms with Gasteiger partial charge in [-0.15, -0.1) is 24.0 Å². The van der Waals surface area contributed by atoms with Gasteiger partial charge in [-0.2, -0.15) is 5.10 Å². The Balaban J connectivity index is 0.00000363. The number of aromatic nitrogens is 3. The number of guanidine groups is 1. The quantitative estimate of drug-likeness (QED) is 0.237. The van der Waals surface area contributed by atoms with Crippen LogP contribution in [0.25, 0.3) is 0 Å². The number of halogens is 1. The maximum atomic E-state index is 5.99. The van der Waals surface area contributed by atoms with Gasteiger partial charge >= 0.3 is 0 Å². The van der Waals surface area contributed by atoms with Crippen molar-refractivity contribution in [2.24, 2.45) is 4.99 Å². The Bertz CT molecular complexity index is 988. The Morgan fingerprint density at radius 3 is 2.66 bits per heavy atom. The van der Waals surface area contributed by atoms with Gasteiger partial charge in [-0.05, 0) is 50.5 Å². The van der Waals surface area contributed by atoms with E-state index >= 15 is 0 Å². The number of nitrogens with zero attached hydrogens (tertiary/aromatic N) is 4. The van der Waals surface area contributed by atoms with Gasteiger partial charge in [-0.3, -0.25) is 0 Å². The van der Waals surface area contributed by atoms with Crippen LogP contribution in [0.2, 0.25) is 0 Å². The van der Waals surface area contributed by atoms with Gasteiger partial charge in [0.25, 0.3) is 0 Å². The summed E-state index contributed by atoms with van der Waals surface area (Å²) in [6.07, 6.45) is 3.40. The second-order valence-corrected chi connectivity index (χ2v) is 7.74. The summed E-state index contributed by atoms with van der Waals surface area (Å²) < 4.78 is 7.80. The van der Waals surface area contributed by atoms with Crippen LogP contribution in [-0.2, 0) is 19.6 Å². The van der Waals surface area contributed by atoms with Crippen LogP contribution < -0.4 is 15.4 Å². The summed E-state index contributed by atoms with van der Waals surface area (Å²) in [7, 11) is 0. The van der Waals surface area contributed by atoms with E-state index in [2.05, 4.69) is 77.0 Å². The minimum atomic E-state index is 0. The molecule has 0 amide bonds. The lowest BCUT2D eigenvalue weighted by Crippen LogP contribution is -2.36. The third-order valence-electron chi connectivity index (χ3n) is 4.60. The zero-order valence-corrected chi connectivity index (χ0v) is 21.5. The largest absolute Gasteiger partial charge is 0.491 e. The van der Waals surface area contributed by atoms with E-state index in [-0.39, 0.29) is 30.1 Å². The lowest BCUT2D eigenvalue weighted by atomic mass is 10.1. The molecule has 2 aromatic carbocycles. The molecule has 1 aromatic heterocycles. The second-order valence-electron chi connectivity index (χ2n) is 7.74. The van der Waals surface area contributed by atoms with Crippen LogP contribution in [0.4, 0.5) is 0 Å². The highest BCUT2D eigenvalue weighted by Gasteiger charge is 2.08. The van der Waals surface area contributed by atoms with Crippen molar-refractivity contribution < 1.29 is 4.74 Å². The molecule has 0 atom stereocenters. The normalized spacial score (nSPS) is 11.2. The van der Waals surface area contributed by atoms with E-state index in [1.165, 1.54) is 11.1 Å². The van der Waals surface area contributed by atoms with E-state index in [0.29, 0.717) is 19.6 Å². The van der Waals surface area contributed by atoms with Crippen molar-refractivity contribution in [2.45, 2.75) is 53.4 Å². The van der Waals surface area contributed by atoms with Gasteiger partial charge in [0.05, 0.1) is 19.2 Å². The van der Waals surface area contributed by atoms with Gasteiger partial charge in [0, 0.05) is 18.7 Å². The van der Waals surface area contributed by atoms with E-state index in [9.17, 15) is 0 Å². The maximum absolute atomic E-state index is 5.99. The summed E-state index contributed by atoms with van der Waals surface area (Å²) in [5.41, 5.74) is 4.62. The van der Waals surface area contributed by atoms with E-state index < -0.39 is 0 Å². The van der Waals surface area contributed by atoms with Crippen LogP contribution in [0.1, 0.15) is 43.0 Å². The molecule has 0 aliphatic carbocycles. The Morgan fingerprint density at radius 1 is 1.12 bits per heavy atom. The van der Waals surface area contributed by atoms with Crippen LogP contribution in [-0.4, -0.2) is 33.4 Å². The smallest absolute Gasteiger partial charge is 0.191 e. The van der Waals surface area contributed by atoms with Gasteiger partial charge in [-0.25, -0.2) is 14.7 Å². The first-order valence-electron chi connectivity index (χ1n) is 10.7. The van der Waals surface area contributed by atoms with Gasteiger partial charge in [0.2, 0.25) is 0 Å². The van der Waals surface area contributed by atoms with E-state index in [1.54, 1.807) is 12.7 Å². The Labute approximate surface area is 207 Å². The summed E-state index contributed by atoms with van der Waals surface area (Å²) in [5, 5.41) is 10.9. The first-order valence-corrected chi connectivity index (χ1v) is 10.7. The van der Waals surface area contributed by atoms with E-state index in [4.69, 9.17) is 9.73 Å². The van der Waals surface area contributed by atoms with Crippen LogP contribution in [0.15, 0.2) is 60.1 Å². The molecular formula is C24H33IN6O. The molecule has 3 aromatic rings. The summed E-state index contributed by atoms with van der Waals surface area (Å²) >= 11 is 0. The monoisotopic (exact) mass is 548 g/mol.